The van der Waals surface area contributed by atoms with Gasteiger partial charge in [0.25, 0.3) is 5.91 Å². The molecule has 4 heteroatoms. The molecule has 0 bridgehead atoms. The first kappa shape index (κ1) is 10.9. The average Bonchev–Trinajstić information content (AvgIpc) is 2.96. The van der Waals surface area contributed by atoms with Crippen molar-refractivity contribution in [1.29, 1.82) is 0 Å². The van der Waals surface area contributed by atoms with Crippen LogP contribution >= 0.6 is 0 Å². The average molecular weight is 240 g/mol. The van der Waals surface area contributed by atoms with Gasteiger partial charge in [-0.05, 0) is 12.1 Å². The lowest BCUT2D eigenvalue weighted by Crippen LogP contribution is -2.80. The Morgan fingerprint density at radius 1 is 1.39 bits per heavy atom. The minimum atomic E-state index is -0.0581. The lowest BCUT2D eigenvalue weighted by molar-refractivity contribution is -0.460. The van der Waals surface area contributed by atoms with E-state index < -0.39 is 0 Å². The molecule has 0 aliphatic carbocycles. The molecule has 3 N–H and O–H groups in total. The molecule has 0 saturated heterocycles. The molecule has 0 radical (unpaired) electrons. The van der Waals surface area contributed by atoms with Gasteiger partial charge in [-0.1, -0.05) is 25.1 Å². The molecule has 0 aromatic heterocycles. The van der Waals surface area contributed by atoms with Crippen molar-refractivity contribution in [2.75, 3.05) is 5.32 Å². The van der Waals surface area contributed by atoms with Crippen LogP contribution in [0.3, 0.4) is 0 Å². The van der Waals surface area contributed by atoms with Crippen molar-refractivity contribution in [3.63, 3.8) is 0 Å². The van der Waals surface area contributed by atoms with Gasteiger partial charge in [0.15, 0.2) is 0 Å². The minimum absolute atomic E-state index is 0.0581. The predicted molar refractivity (Wildman–Crippen MR) is 70.8 cm³/mol. The standard InChI is InChI=1S/C14H13N3O/c1-2-13-15-8-9(16-13)7-11-10-5-3-4-6-12(10)17-14(11)18/h3-8H,2H2,1H3,(H,15,16)(H,17,18)/p+1/b11-7+. The number of allylic oxidation sites excluding steroid dienone is 1. The Hall–Kier alpha value is -2.20. The van der Waals surface area contributed by atoms with E-state index >= 15 is 0 Å². The molecule has 1 amide bonds. The van der Waals surface area contributed by atoms with Gasteiger partial charge in [-0.25, -0.2) is 0 Å². The van der Waals surface area contributed by atoms with E-state index in [1.54, 1.807) is 0 Å². The number of nitrogens with two attached hydrogens (primary N) is 1. The second-order valence-corrected chi connectivity index (χ2v) is 4.27. The molecule has 0 spiro atoms. The summed E-state index contributed by atoms with van der Waals surface area (Å²) < 4.78 is 0. The van der Waals surface area contributed by atoms with Gasteiger partial charge in [0.05, 0.1) is 5.57 Å². The monoisotopic (exact) mass is 240 g/mol. The van der Waals surface area contributed by atoms with Gasteiger partial charge in [-0.15, -0.1) is 0 Å². The second-order valence-electron chi connectivity index (χ2n) is 4.27. The third-order valence-corrected chi connectivity index (χ3v) is 3.08. The number of quaternary nitrogens is 1. The highest BCUT2D eigenvalue weighted by molar-refractivity contribution is 6.31. The summed E-state index contributed by atoms with van der Waals surface area (Å²) in [5, 5.41) is 4.84. The highest BCUT2D eigenvalue weighted by atomic mass is 16.2. The topological polar surface area (TPSA) is 58.1 Å². The molecule has 0 atom stereocenters. The minimum Gasteiger partial charge on any atom is -0.321 e. The summed E-state index contributed by atoms with van der Waals surface area (Å²) in [6, 6.07) is 7.70. The zero-order valence-corrected chi connectivity index (χ0v) is 10.1. The molecule has 2 aliphatic rings. The Labute approximate surface area is 105 Å². The van der Waals surface area contributed by atoms with Crippen molar-refractivity contribution in [3.05, 3.63) is 47.8 Å². The van der Waals surface area contributed by atoms with Crippen molar-refractivity contribution >= 4 is 23.0 Å². The number of para-hydroxylation sites is 1. The van der Waals surface area contributed by atoms with E-state index in [0.717, 1.165) is 29.2 Å². The maximum absolute atomic E-state index is 11.9. The van der Waals surface area contributed by atoms with Crippen LogP contribution in [0.4, 0.5) is 5.69 Å². The molecule has 18 heavy (non-hydrogen) atoms. The lowest BCUT2D eigenvalue weighted by Gasteiger charge is -1.95. The zero-order chi connectivity index (χ0) is 12.5. The SMILES string of the molecule is CCC1=NC(/C=C2/C(=O)Nc3ccccc32)=C[NH2+]1. The highest BCUT2D eigenvalue weighted by Gasteiger charge is 2.24. The predicted octanol–water partition coefficient (Wildman–Crippen LogP) is 1.25. The van der Waals surface area contributed by atoms with Gasteiger partial charge >= 0.3 is 0 Å². The Kier molecular flexibility index (Phi) is 2.57. The van der Waals surface area contributed by atoms with Crippen LogP contribution in [0.2, 0.25) is 0 Å². The maximum Gasteiger partial charge on any atom is 0.256 e. The fourth-order valence-electron chi connectivity index (χ4n) is 2.13. The van der Waals surface area contributed by atoms with Crippen LogP contribution in [0.25, 0.3) is 5.57 Å². The molecule has 0 unspecified atom stereocenters. The third kappa shape index (κ3) is 1.76. The Morgan fingerprint density at radius 3 is 3.00 bits per heavy atom. The van der Waals surface area contributed by atoms with E-state index in [1.165, 1.54) is 0 Å². The molecule has 2 heterocycles. The Bertz CT molecular complexity index is 611. The maximum atomic E-state index is 11.9. The number of rotatable bonds is 2. The highest BCUT2D eigenvalue weighted by Crippen LogP contribution is 2.32. The number of amides is 1. The van der Waals surface area contributed by atoms with Crippen molar-refractivity contribution < 1.29 is 10.1 Å². The van der Waals surface area contributed by atoms with Crippen molar-refractivity contribution in [3.8, 4) is 0 Å². The van der Waals surface area contributed by atoms with Crippen molar-refractivity contribution in [2.45, 2.75) is 13.3 Å². The first-order valence-corrected chi connectivity index (χ1v) is 6.03. The molecule has 4 nitrogen and oxygen atoms in total. The first-order chi connectivity index (χ1) is 8.78. The quantitative estimate of drug-likeness (QED) is 0.751. The van der Waals surface area contributed by atoms with Gasteiger partial charge in [-0.3, -0.25) is 10.1 Å². The van der Waals surface area contributed by atoms with E-state index in [-0.39, 0.29) is 5.91 Å². The summed E-state index contributed by atoms with van der Waals surface area (Å²) in [7, 11) is 0. The number of aliphatic imine (C=N–C) groups is 1. The zero-order valence-electron chi connectivity index (χ0n) is 10.1. The van der Waals surface area contributed by atoms with E-state index in [4.69, 9.17) is 0 Å². The van der Waals surface area contributed by atoms with E-state index in [0.29, 0.717) is 5.57 Å². The smallest absolute Gasteiger partial charge is 0.256 e. The number of hydrogen-bond donors (Lipinski definition) is 2. The van der Waals surface area contributed by atoms with Crippen LogP contribution < -0.4 is 10.6 Å². The number of hydrogen-bond acceptors (Lipinski definition) is 2. The summed E-state index contributed by atoms with van der Waals surface area (Å²) in [5.41, 5.74) is 3.35. The summed E-state index contributed by atoms with van der Waals surface area (Å²) in [5.74, 6) is 0.991. The van der Waals surface area contributed by atoms with E-state index in [2.05, 4.69) is 17.2 Å². The molecular weight excluding hydrogens is 226 g/mol. The molecule has 3 rings (SSSR count). The van der Waals surface area contributed by atoms with Gasteiger partial charge < -0.3 is 5.32 Å². The summed E-state index contributed by atoms with van der Waals surface area (Å²) in [6.07, 6.45) is 4.70. The van der Waals surface area contributed by atoms with Crippen LogP contribution in [0.1, 0.15) is 18.9 Å². The molecule has 1 aromatic rings. The number of anilines is 1. The number of benzene rings is 1. The number of amidine groups is 1. The van der Waals surface area contributed by atoms with Crippen LogP contribution in [0.5, 0.6) is 0 Å². The van der Waals surface area contributed by atoms with E-state index in [1.807, 2.05) is 41.9 Å². The normalized spacial score (nSPS) is 19.6. The third-order valence-electron chi connectivity index (χ3n) is 3.08. The molecule has 0 saturated carbocycles. The van der Waals surface area contributed by atoms with Gasteiger partial charge in [0, 0.05) is 17.7 Å². The number of fused-ring (bicyclic) bond motifs is 1. The van der Waals surface area contributed by atoms with Gasteiger partial charge in [-0.2, -0.15) is 4.99 Å². The Morgan fingerprint density at radius 2 is 2.22 bits per heavy atom. The van der Waals surface area contributed by atoms with Crippen molar-refractivity contribution in [2.24, 2.45) is 4.99 Å². The lowest BCUT2D eigenvalue weighted by atomic mass is 10.1. The molecule has 0 fully saturated rings. The molecule has 1 aromatic carbocycles. The number of nitrogens with zero attached hydrogens (tertiary/aromatic N) is 1. The van der Waals surface area contributed by atoms with Gasteiger partial charge in [0.1, 0.15) is 11.9 Å². The molecule has 90 valence electrons. The first-order valence-electron chi connectivity index (χ1n) is 6.03. The van der Waals surface area contributed by atoms with Crippen molar-refractivity contribution in [1.82, 2.24) is 0 Å². The fraction of sp³-hybridized carbons (Fsp3) is 0.143. The second kappa shape index (κ2) is 4.23. The summed E-state index contributed by atoms with van der Waals surface area (Å²) in [4.78, 5) is 16.3. The van der Waals surface area contributed by atoms with E-state index in [9.17, 15) is 4.79 Å². The van der Waals surface area contributed by atoms with Crippen LogP contribution in [0.15, 0.2) is 47.2 Å². The molecule has 2 aliphatic heterocycles. The number of carbonyl (C=O) groups excluding carboxylic acids is 1. The van der Waals surface area contributed by atoms with Crippen LogP contribution in [-0.4, -0.2) is 11.7 Å². The van der Waals surface area contributed by atoms with Crippen LogP contribution in [-0.2, 0) is 4.79 Å². The summed E-state index contributed by atoms with van der Waals surface area (Å²) >= 11 is 0. The summed E-state index contributed by atoms with van der Waals surface area (Å²) in [6.45, 7) is 2.07. The number of nitrogens with one attached hydrogen (secondary N) is 1. The Balaban J connectivity index is 1.98. The van der Waals surface area contributed by atoms with Crippen LogP contribution in [0, 0.1) is 0 Å². The fourth-order valence-corrected chi connectivity index (χ4v) is 2.13. The van der Waals surface area contributed by atoms with Gasteiger partial charge in [0.2, 0.25) is 5.84 Å². The largest absolute Gasteiger partial charge is 0.321 e. The molecular formula is C14H14N3O+. The number of carbonyl (C=O) groups is 1.